The fraction of sp³-hybridized carbons (Fsp3) is 0.476. The minimum absolute atomic E-state index is 0.00227. The molecule has 0 aliphatic rings. The van der Waals surface area contributed by atoms with Gasteiger partial charge in [0.05, 0.1) is 0 Å². The summed E-state index contributed by atoms with van der Waals surface area (Å²) in [6.45, 7) is 22.6. The lowest BCUT2D eigenvalue weighted by Gasteiger charge is -2.31. The van der Waals surface area contributed by atoms with Crippen LogP contribution in [0.25, 0.3) is 0 Å². The molecule has 33 nitrogen and oxygen atoms in total. The zero-order valence-electron chi connectivity index (χ0n) is 53.5. The van der Waals surface area contributed by atoms with Crippen LogP contribution in [0.15, 0.2) is 128 Å². The third-order valence-corrected chi connectivity index (χ3v) is 12.8. The highest BCUT2D eigenvalue weighted by molar-refractivity contribution is 5.85. The molecular weight excluding hydrogens is 1270 g/mol. The number of nitrogens with one attached hydrogen (secondary N) is 3. The molecule has 1 aromatic heterocycles. The fourth-order valence-corrected chi connectivity index (χ4v) is 7.77. The van der Waals surface area contributed by atoms with E-state index in [-0.39, 0.29) is 58.5 Å². The van der Waals surface area contributed by atoms with Crippen LogP contribution in [-0.2, 0) is 120 Å². The Hall–Kier alpha value is -10.9. The van der Waals surface area contributed by atoms with Gasteiger partial charge in [-0.15, -0.1) is 0 Å². The number of rotatable bonds is 51. The molecule has 0 radical (unpaired) electrons. The number of carbonyl (C=O) groups excluding carboxylic acids is 12. The summed E-state index contributed by atoms with van der Waals surface area (Å²) >= 11 is 0. The Balaban J connectivity index is 3.31. The van der Waals surface area contributed by atoms with E-state index in [4.69, 9.17) is 56.8 Å². The van der Waals surface area contributed by atoms with Crippen molar-refractivity contribution >= 4 is 72.0 Å². The van der Waals surface area contributed by atoms with E-state index in [0.29, 0.717) is 57.8 Å². The normalized spacial score (nSPS) is 10.8. The minimum atomic E-state index is -2.03. The van der Waals surface area contributed by atoms with Crippen LogP contribution in [0.2, 0.25) is 0 Å². The van der Waals surface area contributed by atoms with Gasteiger partial charge < -0.3 is 72.8 Å². The van der Waals surface area contributed by atoms with Gasteiger partial charge in [-0.3, -0.25) is 0 Å². The smallest absolute Gasteiger partial charge is 0.408 e. The number of hydrogen-bond donors (Lipinski definition) is 3. The van der Waals surface area contributed by atoms with Crippen LogP contribution < -0.4 is 33.0 Å². The molecule has 0 aromatic carbocycles. The second-order valence-corrected chi connectivity index (χ2v) is 20.3. The number of ether oxygens (including phenoxy) is 12. The van der Waals surface area contributed by atoms with Crippen molar-refractivity contribution in [2.24, 2.45) is 0 Å². The summed E-state index contributed by atoms with van der Waals surface area (Å²) in [7, 11) is 0. The van der Waals surface area contributed by atoms with E-state index in [9.17, 15) is 71.9 Å². The van der Waals surface area contributed by atoms with E-state index in [1.54, 1.807) is 0 Å². The van der Waals surface area contributed by atoms with Crippen molar-refractivity contribution in [3.63, 3.8) is 0 Å². The monoisotopic (exact) mass is 1360 g/mol. The summed E-state index contributed by atoms with van der Waals surface area (Å²) < 4.78 is 64.8. The van der Waals surface area contributed by atoms with Gasteiger partial charge in [0, 0.05) is 94.0 Å². The summed E-state index contributed by atoms with van der Waals surface area (Å²) in [6.07, 6.45) is 8.25. The maximum absolute atomic E-state index is 14.0. The van der Waals surface area contributed by atoms with Crippen LogP contribution in [0.5, 0.6) is 0 Å². The minimum Gasteiger partial charge on any atom is -0.458 e. The predicted octanol–water partition coefficient (Wildman–Crippen LogP) is 2.81. The Labute approximate surface area is 552 Å². The van der Waals surface area contributed by atoms with Gasteiger partial charge in [0.1, 0.15) is 59.5 Å². The average molecular weight is 1360 g/mol. The SMILES string of the molecule is C=CC(=O)OCC(COC(=O)C=C)(COC(=O)C=C)OC(=O)NCCCCCCn1c(=O)n(CCCCCCNC(=O)OC(COC(=O)C=C)(COC(=O)C=C)COC(=O)C=C)c(=O)n(CCCCCCNC(=O)OC(COC(=O)C=C)(COC(=O)C=C)COC(=O)C=C)c1=O. The zero-order valence-corrected chi connectivity index (χ0v) is 53.5. The first-order valence-electron chi connectivity index (χ1n) is 29.8. The van der Waals surface area contributed by atoms with E-state index in [1.807, 2.05) is 0 Å². The van der Waals surface area contributed by atoms with Crippen LogP contribution >= 0.6 is 0 Å². The number of hydrogen-bond acceptors (Lipinski definition) is 27. The molecule has 0 bridgehead atoms. The standard InChI is InChI=1S/C63H84N6O27/c1-10-46(70)85-37-61(38-86-47(71)11-2,39-87-48(72)12-3)94-55(79)64-31-25-19-22-28-34-67-58(82)68(35-29-23-20-26-32-65-56(80)95-62(40-88-49(73)13-4,41-89-50(74)14-5)42-90-51(75)15-6)60(84)69(59(67)83)36-30-24-21-27-33-66-57(81)96-63(43-91-52(76)16-7,44-92-53(77)17-8)45-93-54(78)18-9/h10-18H,1-9,19-45H2,(H,64,79)(H,65,80)(H,66,81). The number of nitrogens with zero attached hydrogens (tertiary/aromatic N) is 3. The highest BCUT2D eigenvalue weighted by Gasteiger charge is 2.42. The van der Waals surface area contributed by atoms with Crippen molar-refractivity contribution in [3.8, 4) is 0 Å². The van der Waals surface area contributed by atoms with E-state index in [0.717, 1.165) is 68.4 Å². The molecule has 96 heavy (non-hydrogen) atoms. The first kappa shape index (κ1) is 83.1. The molecule has 0 aliphatic carbocycles. The van der Waals surface area contributed by atoms with Crippen LogP contribution in [-0.4, -0.2) is 182 Å². The molecule has 3 N–H and O–H groups in total. The van der Waals surface area contributed by atoms with E-state index in [2.05, 4.69) is 75.2 Å². The Morgan fingerprint density at radius 1 is 0.271 bits per heavy atom. The molecule has 1 rings (SSSR count). The molecule has 0 atom stereocenters. The van der Waals surface area contributed by atoms with E-state index in [1.165, 1.54) is 0 Å². The van der Waals surface area contributed by atoms with Gasteiger partial charge in [-0.25, -0.2) is 85.6 Å². The van der Waals surface area contributed by atoms with Crippen LogP contribution in [0, 0.1) is 0 Å². The quantitative estimate of drug-likeness (QED) is 0.0365. The molecule has 1 heterocycles. The van der Waals surface area contributed by atoms with Gasteiger partial charge in [-0.1, -0.05) is 97.7 Å². The molecule has 33 heteroatoms. The maximum atomic E-state index is 14.0. The molecule has 0 unspecified atom stereocenters. The Bertz CT molecular complexity index is 2600. The topological polar surface area (TPSA) is 418 Å². The first-order valence-corrected chi connectivity index (χ1v) is 29.8. The van der Waals surface area contributed by atoms with Crippen LogP contribution in [0.4, 0.5) is 14.4 Å². The van der Waals surface area contributed by atoms with Gasteiger partial charge in [-0.05, 0) is 38.5 Å². The molecule has 528 valence electrons. The average Bonchev–Trinajstić information content (AvgIpc) is 0.794. The Morgan fingerprint density at radius 3 is 0.583 bits per heavy atom. The number of aromatic nitrogens is 3. The van der Waals surface area contributed by atoms with E-state index >= 15 is 0 Å². The molecule has 0 saturated heterocycles. The van der Waals surface area contributed by atoms with Gasteiger partial charge in [0.15, 0.2) is 0 Å². The molecule has 0 saturated carbocycles. The predicted molar refractivity (Wildman–Crippen MR) is 337 cm³/mol. The van der Waals surface area contributed by atoms with Gasteiger partial charge in [0.25, 0.3) is 0 Å². The van der Waals surface area contributed by atoms with Crippen LogP contribution in [0.1, 0.15) is 77.0 Å². The van der Waals surface area contributed by atoms with Crippen molar-refractivity contribution < 1.29 is 114 Å². The summed E-state index contributed by atoms with van der Waals surface area (Å²) in [5.41, 5.74) is -8.74. The Morgan fingerprint density at radius 2 is 0.427 bits per heavy atom. The largest absolute Gasteiger partial charge is 0.458 e. The van der Waals surface area contributed by atoms with Crippen molar-refractivity contribution in [1.29, 1.82) is 0 Å². The second kappa shape index (κ2) is 46.2. The third kappa shape index (κ3) is 33.1. The van der Waals surface area contributed by atoms with Crippen molar-refractivity contribution in [2.75, 3.05) is 79.1 Å². The maximum Gasteiger partial charge on any atom is 0.408 e. The van der Waals surface area contributed by atoms with Crippen molar-refractivity contribution in [1.82, 2.24) is 29.7 Å². The lowest BCUT2D eigenvalue weighted by atomic mass is 10.1. The summed E-state index contributed by atoms with van der Waals surface area (Å²) in [5, 5.41) is 7.52. The summed E-state index contributed by atoms with van der Waals surface area (Å²) in [5.74, 6) is -8.46. The molecule has 3 amide bonds. The van der Waals surface area contributed by atoms with Gasteiger partial charge >= 0.3 is 89.1 Å². The number of carbonyl (C=O) groups is 12. The number of amides is 3. The fourth-order valence-electron chi connectivity index (χ4n) is 7.77. The third-order valence-electron chi connectivity index (χ3n) is 12.8. The Kier molecular flexibility index (Phi) is 40.0. The highest BCUT2D eigenvalue weighted by Crippen LogP contribution is 2.20. The van der Waals surface area contributed by atoms with Crippen molar-refractivity contribution in [2.45, 2.75) is 113 Å². The van der Waals surface area contributed by atoms with Crippen molar-refractivity contribution in [3.05, 3.63) is 145 Å². The molecule has 0 aliphatic heterocycles. The van der Waals surface area contributed by atoms with E-state index < -0.39 is 165 Å². The number of alkyl carbamates (subject to hydrolysis) is 3. The summed E-state index contributed by atoms with van der Waals surface area (Å²) in [4.78, 5) is 189. The zero-order chi connectivity index (χ0) is 72.0. The lowest BCUT2D eigenvalue weighted by molar-refractivity contribution is -0.171. The molecule has 1 aromatic rings. The highest BCUT2D eigenvalue weighted by atomic mass is 16.7. The summed E-state index contributed by atoms with van der Waals surface area (Å²) in [6, 6.07) is 0. The molecule has 0 spiro atoms. The molecule has 0 fully saturated rings. The van der Waals surface area contributed by atoms with Gasteiger partial charge in [0.2, 0.25) is 16.8 Å². The number of esters is 9. The lowest BCUT2D eigenvalue weighted by Crippen LogP contribution is -2.54. The molecular formula is C63H84N6O27. The second-order valence-electron chi connectivity index (χ2n) is 20.3. The van der Waals surface area contributed by atoms with Gasteiger partial charge in [-0.2, -0.15) is 0 Å². The van der Waals surface area contributed by atoms with Crippen LogP contribution in [0.3, 0.4) is 0 Å². The first-order chi connectivity index (χ1) is 45.8. The number of unbranched alkanes of at least 4 members (excludes halogenated alkanes) is 9.